The Labute approximate surface area is 150 Å². The van der Waals surface area contributed by atoms with Gasteiger partial charge in [-0.15, -0.1) is 11.3 Å². The van der Waals surface area contributed by atoms with E-state index in [1.54, 1.807) is 29.8 Å². The summed E-state index contributed by atoms with van der Waals surface area (Å²) in [5.41, 5.74) is 2.25. The van der Waals surface area contributed by atoms with Gasteiger partial charge in [-0.2, -0.15) is 0 Å². The van der Waals surface area contributed by atoms with Gasteiger partial charge in [0.25, 0.3) is 0 Å². The number of thiazole rings is 1. The van der Waals surface area contributed by atoms with Crippen LogP contribution in [0.25, 0.3) is 10.8 Å². The topological polar surface area (TPSA) is 56.5 Å². The smallest absolute Gasteiger partial charge is 0.188 e. The number of imidazole rings is 1. The maximum absolute atomic E-state index is 4.67. The summed E-state index contributed by atoms with van der Waals surface area (Å²) >= 11 is 1.57. The van der Waals surface area contributed by atoms with Gasteiger partial charge in [-0.05, 0) is 11.6 Å². The standard InChI is InChI=1S/C19H17N5S/c1-14(15-6-3-2-4-7-15)18-22-10-11-24(18)12-16-13-25-19(23-16)17-20-8-5-9-21-17/h2-11,13-14H,12H2,1H3/t14-/m0/s1. The zero-order valence-corrected chi connectivity index (χ0v) is 14.6. The first-order valence-electron chi connectivity index (χ1n) is 8.09. The third-order valence-corrected chi connectivity index (χ3v) is 4.96. The lowest BCUT2D eigenvalue weighted by molar-refractivity contribution is 0.681. The zero-order chi connectivity index (χ0) is 17.1. The van der Waals surface area contributed by atoms with E-state index < -0.39 is 0 Å². The number of aromatic nitrogens is 5. The zero-order valence-electron chi connectivity index (χ0n) is 13.8. The second-order valence-corrected chi connectivity index (χ2v) is 6.62. The number of hydrogen-bond acceptors (Lipinski definition) is 5. The van der Waals surface area contributed by atoms with Crippen LogP contribution in [0.3, 0.4) is 0 Å². The van der Waals surface area contributed by atoms with Gasteiger partial charge >= 0.3 is 0 Å². The van der Waals surface area contributed by atoms with Crippen molar-refractivity contribution in [1.29, 1.82) is 0 Å². The van der Waals surface area contributed by atoms with Crippen molar-refractivity contribution in [3.05, 3.63) is 83.6 Å². The molecule has 3 aromatic heterocycles. The van der Waals surface area contributed by atoms with E-state index in [0.29, 0.717) is 12.4 Å². The molecule has 0 N–H and O–H groups in total. The van der Waals surface area contributed by atoms with Crippen molar-refractivity contribution in [1.82, 2.24) is 24.5 Å². The summed E-state index contributed by atoms with van der Waals surface area (Å²) in [5, 5.41) is 2.90. The molecule has 25 heavy (non-hydrogen) atoms. The molecule has 1 aromatic carbocycles. The first kappa shape index (κ1) is 15.7. The van der Waals surface area contributed by atoms with Gasteiger partial charge < -0.3 is 4.57 Å². The van der Waals surface area contributed by atoms with Crippen LogP contribution in [-0.2, 0) is 6.54 Å². The highest BCUT2D eigenvalue weighted by molar-refractivity contribution is 7.13. The van der Waals surface area contributed by atoms with E-state index in [-0.39, 0.29) is 5.92 Å². The largest absolute Gasteiger partial charge is 0.328 e. The molecule has 0 bridgehead atoms. The minimum absolute atomic E-state index is 0.228. The number of benzene rings is 1. The molecule has 3 heterocycles. The van der Waals surface area contributed by atoms with Gasteiger partial charge in [0.2, 0.25) is 0 Å². The van der Waals surface area contributed by atoms with Gasteiger partial charge in [0.05, 0.1) is 12.2 Å². The molecular formula is C19H17N5S. The predicted molar refractivity (Wildman–Crippen MR) is 98.4 cm³/mol. The average molecular weight is 347 g/mol. The maximum Gasteiger partial charge on any atom is 0.188 e. The molecule has 0 aliphatic heterocycles. The molecule has 0 aliphatic carbocycles. The van der Waals surface area contributed by atoms with E-state index in [1.807, 2.05) is 18.5 Å². The fraction of sp³-hybridized carbons (Fsp3) is 0.158. The fourth-order valence-electron chi connectivity index (χ4n) is 2.79. The second-order valence-electron chi connectivity index (χ2n) is 5.76. The van der Waals surface area contributed by atoms with Crippen molar-refractivity contribution in [3.63, 3.8) is 0 Å². The quantitative estimate of drug-likeness (QED) is 0.548. The first-order chi connectivity index (χ1) is 12.3. The Morgan fingerprint density at radius 3 is 2.60 bits per heavy atom. The summed E-state index contributed by atoms with van der Waals surface area (Å²) in [7, 11) is 0. The third-order valence-electron chi connectivity index (χ3n) is 4.08. The molecule has 5 nitrogen and oxygen atoms in total. The SMILES string of the molecule is C[C@@H](c1ccccc1)c1nccn1Cc1csc(-c2ncccn2)n1. The molecule has 124 valence electrons. The summed E-state index contributed by atoms with van der Waals surface area (Å²) in [4.78, 5) is 17.8. The Hall–Kier alpha value is -2.86. The van der Waals surface area contributed by atoms with Crippen molar-refractivity contribution in [2.45, 2.75) is 19.4 Å². The minimum atomic E-state index is 0.228. The fourth-order valence-corrected chi connectivity index (χ4v) is 3.55. The maximum atomic E-state index is 4.67. The van der Waals surface area contributed by atoms with Gasteiger partial charge in [0, 0.05) is 36.1 Å². The molecule has 0 saturated heterocycles. The Morgan fingerprint density at radius 1 is 1.00 bits per heavy atom. The van der Waals surface area contributed by atoms with E-state index in [9.17, 15) is 0 Å². The van der Waals surface area contributed by atoms with Crippen LogP contribution in [0.4, 0.5) is 0 Å². The second kappa shape index (κ2) is 6.94. The normalized spacial score (nSPS) is 12.2. The molecule has 0 radical (unpaired) electrons. The minimum Gasteiger partial charge on any atom is -0.328 e. The van der Waals surface area contributed by atoms with Crippen LogP contribution in [0.1, 0.15) is 29.9 Å². The van der Waals surface area contributed by atoms with Crippen LogP contribution in [-0.4, -0.2) is 24.5 Å². The molecule has 0 saturated carbocycles. The predicted octanol–water partition coefficient (Wildman–Crippen LogP) is 4.00. The van der Waals surface area contributed by atoms with Gasteiger partial charge in [-0.25, -0.2) is 19.9 Å². The van der Waals surface area contributed by atoms with Crippen LogP contribution in [0.5, 0.6) is 0 Å². The van der Waals surface area contributed by atoms with E-state index >= 15 is 0 Å². The van der Waals surface area contributed by atoms with E-state index in [1.165, 1.54) is 5.56 Å². The van der Waals surface area contributed by atoms with Crippen LogP contribution in [0, 0.1) is 0 Å². The monoisotopic (exact) mass is 347 g/mol. The van der Waals surface area contributed by atoms with E-state index in [4.69, 9.17) is 0 Å². The summed E-state index contributed by atoms with van der Waals surface area (Å²) in [6.07, 6.45) is 7.33. The highest BCUT2D eigenvalue weighted by atomic mass is 32.1. The lowest BCUT2D eigenvalue weighted by Gasteiger charge is -2.13. The Bertz CT molecular complexity index is 946. The summed E-state index contributed by atoms with van der Waals surface area (Å²) in [5.74, 6) is 1.94. The molecule has 4 rings (SSSR count). The molecule has 4 aromatic rings. The number of rotatable bonds is 5. The summed E-state index contributed by atoms with van der Waals surface area (Å²) in [6.45, 7) is 2.87. The van der Waals surface area contributed by atoms with Gasteiger partial charge in [0.15, 0.2) is 10.8 Å². The Kier molecular flexibility index (Phi) is 4.35. The van der Waals surface area contributed by atoms with Crippen molar-refractivity contribution < 1.29 is 0 Å². The molecule has 0 aliphatic rings. The van der Waals surface area contributed by atoms with Crippen LogP contribution in [0.15, 0.2) is 66.6 Å². The van der Waals surface area contributed by atoms with Crippen molar-refractivity contribution in [3.8, 4) is 10.8 Å². The van der Waals surface area contributed by atoms with Crippen molar-refractivity contribution in [2.24, 2.45) is 0 Å². The van der Waals surface area contributed by atoms with Gasteiger partial charge in [-0.3, -0.25) is 0 Å². The molecule has 1 atom stereocenters. The molecule has 6 heteroatoms. The van der Waals surface area contributed by atoms with Crippen LogP contribution < -0.4 is 0 Å². The summed E-state index contributed by atoms with van der Waals surface area (Å²) in [6, 6.07) is 12.2. The third kappa shape index (κ3) is 3.34. The lowest BCUT2D eigenvalue weighted by atomic mass is 10.0. The van der Waals surface area contributed by atoms with Gasteiger partial charge in [0.1, 0.15) is 5.82 Å². The van der Waals surface area contributed by atoms with E-state index in [2.05, 4.69) is 61.1 Å². The highest BCUT2D eigenvalue weighted by Crippen LogP contribution is 2.24. The molecular weight excluding hydrogens is 330 g/mol. The highest BCUT2D eigenvalue weighted by Gasteiger charge is 2.15. The van der Waals surface area contributed by atoms with E-state index in [0.717, 1.165) is 16.5 Å². The molecule has 0 spiro atoms. The van der Waals surface area contributed by atoms with Gasteiger partial charge in [-0.1, -0.05) is 37.3 Å². The number of hydrogen-bond donors (Lipinski definition) is 0. The molecule has 0 amide bonds. The first-order valence-corrected chi connectivity index (χ1v) is 8.97. The van der Waals surface area contributed by atoms with Crippen LogP contribution >= 0.6 is 11.3 Å². The lowest BCUT2D eigenvalue weighted by Crippen LogP contribution is -2.09. The summed E-state index contributed by atoms with van der Waals surface area (Å²) < 4.78 is 2.16. The van der Waals surface area contributed by atoms with Crippen molar-refractivity contribution >= 4 is 11.3 Å². The average Bonchev–Trinajstić information content (AvgIpc) is 3.33. The Morgan fingerprint density at radius 2 is 1.80 bits per heavy atom. The molecule has 0 unspecified atom stereocenters. The molecule has 0 fully saturated rings. The van der Waals surface area contributed by atoms with Crippen LogP contribution in [0.2, 0.25) is 0 Å². The van der Waals surface area contributed by atoms with Crippen molar-refractivity contribution in [2.75, 3.05) is 0 Å². The Balaban J connectivity index is 1.57. The number of nitrogens with zero attached hydrogens (tertiary/aromatic N) is 5.